The largest absolute Gasteiger partial charge is 0.444 e. The van der Waals surface area contributed by atoms with E-state index >= 15 is 0 Å². The number of hydrogen-bond acceptors (Lipinski definition) is 4. The van der Waals surface area contributed by atoms with E-state index in [4.69, 9.17) is 4.42 Å². The Morgan fingerprint density at radius 3 is 2.54 bits per heavy atom. The van der Waals surface area contributed by atoms with Crippen molar-refractivity contribution < 1.29 is 14.0 Å². The second-order valence-electron chi connectivity index (χ2n) is 10.1. The molecule has 1 aliphatic carbocycles. The zero-order chi connectivity index (χ0) is 25.2. The highest BCUT2D eigenvalue weighted by Gasteiger charge is 2.46. The molecule has 0 bridgehead atoms. The van der Waals surface area contributed by atoms with E-state index in [0.29, 0.717) is 12.2 Å². The quantitative estimate of drug-likeness (QED) is 0.370. The number of carbonyl (C=O) groups is 2. The fourth-order valence-electron chi connectivity index (χ4n) is 6.13. The van der Waals surface area contributed by atoms with Crippen molar-refractivity contribution in [3.05, 3.63) is 108 Å². The van der Waals surface area contributed by atoms with Gasteiger partial charge in [0.1, 0.15) is 0 Å². The number of piperidine rings is 1. The van der Waals surface area contributed by atoms with Gasteiger partial charge in [0.05, 0.1) is 6.20 Å². The summed E-state index contributed by atoms with van der Waals surface area (Å²) in [5.41, 5.74) is 5.00. The number of aromatic nitrogens is 1. The molecular weight excluding hydrogens is 462 g/mol. The van der Waals surface area contributed by atoms with Crippen molar-refractivity contribution in [1.29, 1.82) is 0 Å². The molecule has 1 fully saturated rings. The van der Waals surface area contributed by atoms with E-state index in [0.717, 1.165) is 49.2 Å². The molecule has 1 atom stereocenters. The zero-order valence-corrected chi connectivity index (χ0v) is 20.6. The lowest BCUT2D eigenvalue weighted by atomic mass is 9.73. The maximum atomic E-state index is 13.1. The highest BCUT2D eigenvalue weighted by atomic mass is 16.3. The number of nitrogens with one attached hydrogen (secondary N) is 1. The van der Waals surface area contributed by atoms with E-state index in [1.165, 1.54) is 17.5 Å². The Bertz CT molecular complexity index is 1410. The van der Waals surface area contributed by atoms with Crippen molar-refractivity contribution in [2.75, 3.05) is 18.4 Å². The predicted molar refractivity (Wildman–Crippen MR) is 142 cm³/mol. The summed E-state index contributed by atoms with van der Waals surface area (Å²) in [7, 11) is 0. The van der Waals surface area contributed by atoms with Gasteiger partial charge in [0.2, 0.25) is 5.91 Å². The second kappa shape index (κ2) is 9.69. The van der Waals surface area contributed by atoms with Crippen LogP contribution in [0.5, 0.6) is 0 Å². The molecule has 1 spiro atoms. The van der Waals surface area contributed by atoms with Gasteiger partial charge in [-0.1, -0.05) is 54.6 Å². The molecule has 186 valence electrons. The Labute approximate surface area is 216 Å². The second-order valence-corrected chi connectivity index (χ2v) is 10.1. The Hall–Kier alpha value is -4.19. The van der Waals surface area contributed by atoms with Crippen LogP contribution < -0.4 is 5.32 Å². The third-order valence-electron chi connectivity index (χ3n) is 7.93. The van der Waals surface area contributed by atoms with Gasteiger partial charge in [-0.3, -0.25) is 9.59 Å². The molecule has 2 amide bonds. The van der Waals surface area contributed by atoms with E-state index in [1.54, 1.807) is 6.20 Å². The van der Waals surface area contributed by atoms with Crippen LogP contribution >= 0.6 is 0 Å². The smallest absolute Gasteiger partial charge is 0.253 e. The minimum atomic E-state index is 0.00302. The lowest BCUT2D eigenvalue weighted by Crippen LogP contribution is -2.44. The summed E-state index contributed by atoms with van der Waals surface area (Å²) in [6.07, 6.45) is 6.26. The third-order valence-corrected chi connectivity index (χ3v) is 7.93. The molecule has 6 nitrogen and oxygen atoms in total. The number of carbonyl (C=O) groups excluding carboxylic acids is 2. The first-order chi connectivity index (χ1) is 18.1. The normalized spacial score (nSPS) is 17.9. The maximum absolute atomic E-state index is 13.1. The van der Waals surface area contributed by atoms with E-state index < -0.39 is 0 Å². The third kappa shape index (κ3) is 4.55. The van der Waals surface area contributed by atoms with Crippen LogP contribution in [0.4, 0.5) is 5.69 Å². The molecule has 3 aromatic carbocycles. The van der Waals surface area contributed by atoms with Gasteiger partial charge in [-0.25, -0.2) is 4.98 Å². The van der Waals surface area contributed by atoms with Gasteiger partial charge in [0, 0.05) is 36.3 Å². The van der Waals surface area contributed by atoms with Gasteiger partial charge in [-0.05, 0) is 66.0 Å². The number of fused-ring (bicyclic) bond motifs is 2. The van der Waals surface area contributed by atoms with Crippen molar-refractivity contribution in [3.63, 3.8) is 0 Å². The van der Waals surface area contributed by atoms with E-state index in [-0.39, 0.29) is 23.1 Å². The molecule has 2 aliphatic rings. The molecule has 0 radical (unpaired) electrons. The molecule has 0 saturated carbocycles. The Balaban J connectivity index is 1.14. The summed E-state index contributed by atoms with van der Waals surface area (Å²) in [4.78, 5) is 32.1. The monoisotopic (exact) mass is 491 g/mol. The fraction of sp³-hybridized carbons (Fsp3) is 0.258. The summed E-state index contributed by atoms with van der Waals surface area (Å²) in [5.74, 6) is 0.929. The number of likely N-dealkylation sites (tertiary alicyclic amines) is 1. The van der Waals surface area contributed by atoms with E-state index in [1.807, 2.05) is 59.5 Å². The van der Waals surface area contributed by atoms with Crippen LogP contribution in [0.25, 0.3) is 11.3 Å². The van der Waals surface area contributed by atoms with Gasteiger partial charge in [-0.2, -0.15) is 0 Å². The van der Waals surface area contributed by atoms with Crippen molar-refractivity contribution >= 4 is 17.5 Å². The van der Waals surface area contributed by atoms with Crippen molar-refractivity contribution in [2.45, 2.75) is 37.0 Å². The predicted octanol–water partition coefficient (Wildman–Crippen LogP) is 6.03. The molecule has 2 heterocycles. The molecule has 1 unspecified atom stereocenters. The Morgan fingerprint density at radius 1 is 0.973 bits per heavy atom. The van der Waals surface area contributed by atoms with E-state index in [2.05, 4.69) is 34.6 Å². The molecule has 4 aromatic rings. The zero-order valence-electron chi connectivity index (χ0n) is 20.6. The number of amides is 2. The van der Waals surface area contributed by atoms with Gasteiger partial charge < -0.3 is 14.6 Å². The lowest BCUT2D eigenvalue weighted by Gasteiger charge is -2.40. The van der Waals surface area contributed by atoms with Gasteiger partial charge in [-0.15, -0.1) is 0 Å². The summed E-state index contributed by atoms with van der Waals surface area (Å²) in [6, 6.07) is 25.7. The molecule has 1 saturated heterocycles. The first-order valence-electron chi connectivity index (χ1n) is 12.8. The summed E-state index contributed by atoms with van der Waals surface area (Å²) in [5, 5.41) is 3.08. The van der Waals surface area contributed by atoms with Crippen molar-refractivity contribution in [1.82, 2.24) is 9.88 Å². The van der Waals surface area contributed by atoms with Crippen LogP contribution in [0.15, 0.2) is 95.9 Å². The Morgan fingerprint density at radius 2 is 1.76 bits per heavy atom. The molecule has 1 N–H and O–H groups in total. The van der Waals surface area contributed by atoms with Crippen LogP contribution in [0.1, 0.15) is 53.1 Å². The van der Waals surface area contributed by atoms with E-state index in [9.17, 15) is 9.59 Å². The van der Waals surface area contributed by atoms with Gasteiger partial charge in [0.15, 0.2) is 12.2 Å². The molecule has 6 heteroatoms. The minimum Gasteiger partial charge on any atom is -0.444 e. The number of oxazole rings is 1. The van der Waals surface area contributed by atoms with Crippen molar-refractivity contribution in [2.24, 2.45) is 0 Å². The van der Waals surface area contributed by atoms with Gasteiger partial charge >= 0.3 is 0 Å². The number of rotatable bonds is 5. The highest BCUT2D eigenvalue weighted by molar-refractivity contribution is 5.94. The topological polar surface area (TPSA) is 75.4 Å². The van der Waals surface area contributed by atoms with Gasteiger partial charge in [0.25, 0.3) is 5.91 Å². The van der Waals surface area contributed by atoms with Crippen LogP contribution in [0.2, 0.25) is 0 Å². The minimum absolute atomic E-state index is 0.00302. The number of nitrogens with zero attached hydrogens (tertiary/aromatic N) is 2. The van der Waals surface area contributed by atoms with Crippen LogP contribution in [0.3, 0.4) is 0 Å². The SMILES string of the molecule is O=C(CC1CC2(CCN(C(=O)c3ccccc3)CC2)c2ccccc21)Nc1cccc(-c2cnco2)c1. The average Bonchev–Trinajstić information content (AvgIpc) is 3.57. The number of hydrogen-bond donors (Lipinski definition) is 1. The van der Waals surface area contributed by atoms with Crippen molar-refractivity contribution in [3.8, 4) is 11.3 Å². The first kappa shape index (κ1) is 23.2. The van der Waals surface area contributed by atoms with Crippen LogP contribution in [0, 0.1) is 0 Å². The Kier molecular flexibility index (Phi) is 6.08. The maximum Gasteiger partial charge on any atom is 0.253 e. The number of anilines is 1. The molecular formula is C31H29N3O3. The summed E-state index contributed by atoms with van der Waals surface area (Å²) in [6.45, 7) is 1.46. The fourth-order valence-corrected chi connectivity index (χ4v) is 6.13. The molecule has 37 heavy (non-hydrogen) atoms. The van der Waals surface area contributed by atoms with Crippen LogP contribution in [-0.2, 0) is 10.2 Å². The molecule has 1 aromatic heterocycles. The highest BCUT2D eigenvalue weighted by Crippen LogP contribution is 2.52. The summed E-state index contributed by atoms with van der Waals surface area (Å²) >= 11 is 0. The lowest BCUT2D eigenvalue weighted by molar-refractivity contribution is -0.116. The number of benzene rings is 3. The first-order valence-corrected chi connectivity index (χ1v) is 12.8. The summed E-state index contributed by atoms with van der Waals surface area (Å²) < 4.78 is 5.39. The molecule has 1 aliphatic heterocycles. The standard InChI is InChI=1S/C31H29N3O3/c35-29(33-25-10-6-9-23(17-25)28-20-32-21-37-28)18-24-19-31(27-12-5-4-11-26(24)27)13-15-34(16-14-31)30(36)22-7-2-1-3-8-22/h1-12,17,20-21,24H,13-16,18-19H2,(H,33,35). The molecule has 6 rings (SSSR count). The van der Waals surface area contributed by atoms with Crippen LogP contribution in [-0.4, -0.2) is 34.8 Å². The average molecular weight is 492 g/mol.